The number of halogens is 2. The van der Waals surface area contributed by atoms with Crippen LogP contribution in [0.5, 0.6) is 0 Å². The minimum Gasteiger partial charge on any atom is -0.383 e. The van der Waals surface area contributed by atoms with Crippen LogP contribution in [0.1, 0.15) is 5.56 Å². The Hall–Kier alpha value is -1.15. The first-order valence-corrected chi connectivity index (χ1v) is 7.89. The molecule has 100 valence electrons. The molecule has 1 heterocycles. The van der Waals surface area contributed by atoms with Crippen LogP contribution in [0.15, 0.2) is 38.9 Å². The van der Waals surface area contributed by atoms with Crippen molar-refractivity contribution >= 4 is 50.4 Å². The highest BCUT2D eigenvalue weighted by Crippen LogP contribution is 2.32. The van der Waals surface area contributed by atoms with Gasteiger partial charge in [0.1, 0.15) is 5.84 Å². The van der Waals surface area contributed by atoms with Gasteiger partial charge in [-0.2, -0.15) is 8.42 Å². The molecular formula is C10H7Cl2N3O2S2. The topological polar surface area (TPSA) is 85.4 Å². The SMILES string of the molecule is N/C(=N/S(=O)(=O)c1sc(Cl)nc1Cl)c1ccccc1. The summed E-state index contributed by atoms with van der Waals surface area (Å²) in [6, 6.07) is 8.53. The van der Waals surface area contributed by atoms with Gasteiger partial charge in [0.25, 0.3) is 10.0 Å². The van der Waals surface area contributed by atoms with Crippen molar-refractivity contribution in [2.24, 2.45) is 10.1 Å². The van der Waals surface area contributed by atoms with Gasteiger partial charge in [-0.3, -0.25) is 0 Å². The van der Waals surface area contributed by atoms with E-state index < -0.39 is 10.0 Å². The smallest absolute Gasteiger partial charge is 0.296 e. The number of hydrogen-bond donors (Lipinski definition) is 1. The molecule has 0 spiro atoms. The lowest BCUT2D eigenvalue weighted by Gasteiger charge is -2.00. The Labute approximate surface area is 123 Å². The number of rotatable bonds is 3. The van der Waals surface area contributed by atoms with Crippen LogP contribution in [0, 0.1) is 0 Å². The molecule has 0 aliphatic rings. The number of nitrogens with zero attached hydrogens (tertiary/aromatic N) is 2. The van der Waals surface area contributed by atoms with E-state index in [9.17, 15) is 8.42 Å². The van der Waals surface area contributed by atoms with E-state index in [1.165, 1.54) is 0 Å². The maximum Gasteiger partial charge on any atom is 0.296 e. The molecule has 0 radical (unpaired) electrons. The molecule has 0 aliphatic heterocycles. The highest BCUT2D eigenvalue weighted by Gasteiger charge is 2.22. The van der Waals surface area contributed by atoms with Gasteiger partial charge in [0.15, 0.2) is 13.8 Å². The van der Waals surface area contributed by atoms with Crippen LogP contribution in [-0.2, 0) is 10.0 Å². The molecule has 2 N–H and O–H groups in total. The number of nitrogens with two attached hydrogens (primary N) is 1. The third kappa shape index (κ3) is 3.24. The molecule has 2 aromatic rings. The highest BCUT2D eigenvalue weighted by atomic mass is 35.5. The molecule has 0 aliphatic carbocycles. The van der Waals surface area contributed by atoms with E-state index in [1.54, 1.807) is 30.3 Å². The number of aromatic nitrogens is 1. The van der Waals surface area contributed by atoms with Gasteiger partial charge >= 0.3 is 0 Å². The van der Waals surface area contributed by atoms with Crippen LogP contribution in [0.4, 0.5) is 0 Å². The van der Waals surface area contributed by atoms with Gasteiger partial charge in [-0.15, -0.1) is 4.40 Å². The molecule has 0 unspecified atom stereocenters. The first-order chi connectivity index (χ1) is 8.90. The van der Waals surface area contributed by atoms with Gasteiger partial charge in [0.05, 0.1) is 0 Å². The van der Waals surface area contributed by atoms with Crippen molar-refractivity contribution < 1.29 is 8.42 Å². The maximum absolute atomic E-state index is 12.0. The lowest BCUT2D eigenvalue weighted by atomic mass is 10.2. The third-order valence-corrected chi connectivity index (χ3v) is 5.49. The minimum absolute atomic E-state index is 0.0251. The molecule has 1 aromatic heterocycles. The van der Waals surface area contributed by atoms with Crippen LogP contribution < -0.4 is 5.73 Å². The van der Waals surface area contributed by atoms with Gasteiger partial charge in [0.2, 0.25) is 0 Å². The van der Waals surface area contributed by atoms with Gasteiger partial charge in [0, 0.05) is 5.56 Å². The largest absolute Gasteiger partial charge is 0.383 e. The zero-order valence-electron chi connectivity index (χ0n) is 9.25. The third-order valence-electron chi connectivity index (χ3n) is 2.05. The summed E-state index contributed by atoms with van der Waals surface area (Å²) in [5, 5.41) is -0.209. The number of sulfonamides is 1. The molecule has 0 fully saturated rings. The molecular weight excluding hydrogens is 329 g/mol. The number of hydrogen-bond acceptors (Lipinski definition) is 4. The van der Waals surface area contributed by atoms with E-state index >= 15 is 0 Å². The molecule has 9 heteroatoms. The maximum atomic E-state index is 12.0. The first kappa shape index (κ1) is 14.3. The summed E-state index contributed by atoms with van der Waals surface area (Å²) < 4.78 is 27.3. The van der Waals surface area contributed by atoms with Gasteiger partial charge < -0.3 is 5.73 Å². The summed E-state index contributed by atoms with van der Waals surface area (Å²) in [7, 11) is -4.01. The van der Waals surface area contributed by atoms with Crippen molar-refractivity contribution in [3.63, 3.8) is 0 Å². The average Bonchev–Trinajstić information content (AvgIpc) is 2.70. The second-order valence-corrected chi connectivity index (χ2v) is 7.10. The van der Waals surface area contributed by atoms with Crippen LogP contribution in [0.25, 0.3) is 0 Å². The summed E-state index contributed by atoms with van der Waals surface area (Å²) in [4.78, 5) is 3.62. The van der Waals surface area contributed by atoms with Gasteiger partial charge in [-0.25, -0.2) is 4.98 Å². The molecule has 0 saturated heterocycles. The Morgan fingerprint density at radius 1 is 1.26 bits per heavy atom. The molecule has 0 amide bonds. The van der Waals surface area contributed by atoms with Crippen molar-refractivity contribution in [1.82, 2.24) is 4.98 Å². The summed E-state index contributed by atoms with van der Waals surface area (Å²) in [6.45, 7) is 0. The van der Waals surface area contributed by atoms with E-state index in [1.807, 2.05) is 0 Å². The Kier molecular flexibility index (Phi) is 4.10. The second-order valence-electron chi connectivity index (χ2n) is 3.36. The number of amidine groups is 1. The van der Waals surface area contributed by atoms with Crippen molar-refractivity contribution in [2.45, 2.75) is 4.21 Å². The summed E-state index contributed by atoms with van der Waals surface area (Å²) in [5.41, 5.74) is 6.15. The van der Waals surface area contributed by atoms with Crippen LogP contribution >= 0.6 is 34.5 Å². The zero-order chi connectivity index (χ0) is 14.0. The van der Waals surface area contributed by atoms with E-state index in [2.05, 4.69) is 9.38 Å². The fraction of sp³-hybridized carbons (Fsp3) is 0. The van der Waals surface area contributed by atoms with E-state index in [0.29, 0.717) is 5.56 Å². The van der Waals surface area contributed by atoms with Crippen molar-refractivity contribution in [3.05, 3.63) is 45.5 Å². The quantitative estimate of drug-likeness (QED) is 0.689. The average molecular weight is 336 g/mol. The van der Waals surface area contributed by atoms with E-state index in [4.69, 9.17) is 28.9 Å². The Morgan fingerprint density at radius 3 is 2.42 bits per heavy atom. The standard InChI is InChI=1S/C10H7Cl2N3O2S2/c11-7-9(18-10(12)14-7)19(16,17)15-8(13)6-4-2-1-3-5-6/h1-5H,(H2,13,15). The minimum atomic E-state index is -4.01. The van der Waals surface area contributed by atoms with E-state index in [-0.39, 0.29) is 19.7 Å². The summed E-state index contributed by atoms with van der Waals surface area (Å²) >= 11 is 12.0. The van der Waals surface area contributed by atoms with Crippen LogP contribution in [0.2, 0.25) is 9.62 Å². The first-order valence-electron chi connectivity index (χ1n) is 4.88. The summed E-state index contributed by atoms with van der Waals surface area (Å²) in [6.07, 6.45) is 0. The van der Waals surface area contributed by atoms with E-state index in [0.717, 1.165) is 11.3 Å². The van der Waals surface area contributed by atoms with Crippen molar-refractivity contribution in [3.8, 4) is 0 Å². The normalized spacial score (nSPS) is 12.6. The molecule has 5 nitrogen and oxygen atoms in total. The van der Waals surface area contributed by atoms with Crippen LogP contribution in [-0.4, -0.2) is 19.2 Å². The molecule has 19 heavy (non-hydrogen) atoms. The second kappa shape index (κ2) is 5.46. The molecule has 0 atom stereocenters. The predicted molar refractivity (Wildman–Crippen MR) is 76.5 cm³/mol. The van der Waals surface area contributed by atoms with Crippen molar-refractivity contribution in [1.29, 1.82) is 0 Å². The lowest BCUT2D eigenvalue weighted by Crippen LogP contribution is -2.15. The predicted octanol–water partition coefficient (Wildman–Crippen LogP) is 2.54. The molecule has 0 saturated carbocycles. The highest BCUT2D eigenvalue weighted by molar-refractivity contribution is 7.92. The number of benzene rings is 1. The number of thiazole rings is 1. The molecule has 2 rings (SSSR count). The Balaban J connectivity index is 2.45. The Bertz CT molecular complexity index is 726. The monoisotopic (exact) mass is 335 g/mol. The lowest BCUT2D eigenvalue weighted by molar-refractivity contribution is 0.600. The van der Waals surface area contributed by atoms with Gasteiger partial charge in [-0.05, 0) is 0 Å². The Morgan fingerprint density at radius 2 is 1.89 bits per heavy atom. The van der Waals surface area contributed by atoms with Crippen LogP contribution in [0.3, 0.4) is 0 Å². The van der Waals surface area contributed by atoms with Crippen molar-refractivity contribution in [2.75, 3.05) is 0 Å². The zero-order valence-corrected chi connectivity index (χ0v) is 12.4. The fourth-order valence-corrected chi connectivity index (χ4v) is 4.19. The molecule has 0 bridgehead atoms. The summed E-state index contributed by atoms with van der Waals surface area (Å²) in [5.74, 6) is -0.124. The van der Waals surface area contributed by atoms with Gasteiger partial charge in [-0.1, -0.05) is 64.9 Å². The fourth-order valence-electron chi connectivity index (χ4n) is 1.26. The molecule has 1 aromatic carbocycles.